The maximum Gasteiger partial charge on any atom is 0.246 e. The predicted molar refractivity (Wildman–Crippen MR) is 76.3 cm³/mol. The summed E-state index contributed by atoms with van der Waals surface area (Å²) in [5.74, 6) is -0.0607. The van der Waals surface area contributed by atoms with Crippen LogP contribution in [0.3, 0.4) is 0 Å². The van der Waals surface area contributed by atoms with Crippen LogP contribution >= 0.6 is 0 Å². The van der Waals surface area contributed by atoms with Crippen LogP contribution in [0.5, 0.6) is 0 Å². The Bertz CT molecular complexity index is 438. The van der Waals surface area contributed by atoms with Crippen LogP contribution in [0.1, 0.15) is 31.0 Å². The van der Waals surface area contributed by atoms with Crippen LogP contribution in [0.2, 0.25) is 0 Å². The molecule has 0 spiro atoms. The fourth-order valence-corrected chi connectivity index (χ4v) is 2.43. The van der Waals surface area contributed by atoms with Crippen LogP contribution < -0.4 is 10.6 Å². The molecule has 0 saturated carbocycles. The van der Waals surface area contributed by atoms with Crippen molar-refractivity contribution in [2.75, 3.05) is 19.7 Å². The molecule has 1 amide bonds. The second-order valence-corrected chi connectivity index (χ2v) is 5.17. The lowest BCUT2D eigenvalue weighted by Crippen LogP contribution is -2.35. The van der Waals surface area contributed by atoms with Crippen molar-refractivity contribution >= 4 is 5.91 Å². The molecular formula is C14H24N4O2. The van der Waals surface area contributed by atoms with Crippen LogP contribution in [0, 0.1) is 0 Å². The summed E-state index contributed by atoms with van der Waals surface area (Å²) >= 11 is 0. The zero-order valence-corrected chi connectivity index (χ0v) is 12.3. The number of ether oxygens (including phenoxy) is 1. The Balaban J connectivity index is 1.71. The molecule has 0 aromatic carbocycles. The molecule has 6 nitrogen and oxygen atoms in total. The average molecular weight is 280 g/mol. The van der Waals surface area contributed by atoms with Crippen LogP contribution in [0.25, 0.3) is 0 Å². The van der Waals surface area contributed by atoms with Gasteiger partial charge in [-0.3, -0.25) is 9.48 Å². The highest BCUT2D eigenvalue weighted by atomic mass is 16.5. The number of piperidine rings is 1. The fourth-order valence-electron chi connectivity index (χ4n) is 2.43. The lowest BCUT2D eigenvalue weighted by atomic mass is 10.1. The summed E-state index contributed by atoms with van der Waals surface area (Å²) in [6, 6.07) is 0. The number of nitrogens with one attached hydrogen (secondary N) is 2. The van der Waals surface area contributed by atoms with Crippen LogP contribution in [0.4, 0.5) is 0 Å². The molecule has 1 aliphatic rings. The summed E-state index contributed by atoms with van der Waals surface area (Å²) < 4.78 is 7.41. The van der Waals surface area contributed by atoms with E-state index in [9.17, 15) is 4.79 Å². The quantitative estimate of drug-likeness (QED) is 0.790. The van der Waals surface area contributed by atoms with Crippen LogP contribution in [-0.2, 0) is 29.5 Å². The monoisotopic (exact) mass is 280 g/mol. The van der Waals surface area contributed by atoms with Crippen molar-refractivity contribution in [3.05, 3.63) is 17.5 Å². The molecule has 1 aliphatic heterocycles. The van der Waals surface area contributed by atoms with Crippen molar-refractivity contribution in [3.8, 4) is 0 Å². The van der Waals surface area contributed by atoms with Gasteiger partial charge in [0.25, 0.3) is 0 Å². The Morgan fingerprint density at radius 2 is 2.30 bits per heavy atom. The molecule has 0 bridgehead atoms. The van der Waals surface area contributed by atoms with E-state index < -0.39 is 0 Å². The standard InChI is InChI=1S/C14H24N4O2/c1-3-13-11(9-18(2)17-13)8-16-14(19)10-20-12-4-6-15-7-5-12/h9,12,15H,3-8,10H2,1-2H3,(H,16,19). The third-order valence-corrected chi connectivity index (χ3v) is 3.54. The first-order valence-electron chi connectivity index (χ1n) is 7.29. The molecular weight excluding hydrogens is 256 g/mol. The molecule has 1 aromatic heterocycles. The Morgan fingerprint density at radius 1 is 1.55 bits per heavy atom. The zero-order valence-electron chi connectivity index (χ0n) is 12.3. The molecule has 1 saturated heterocycles. The third-order valence-electron chi connectivity index (χ3n) is 3.54. The minimum absolute atomic E-state index is 0.0607. The van der Waals surface area contributed by atoms with Crippen molar-refractivity contribution in [2.24, 2.45) is 7.05 Å². The summed E-state index contributed by atoms with van der Waals surface area (Å²) in [4.78, 5) is 11.8. The normalized spacial score (nSPS) is 16.3. The van der Waals surface area contributed by atoms with Crippen molar-refractivity contribution < 1.29 is 9.53 Å². The van der Waals surface area contributed by atoms with Crippen molar-refractivity contribution in [3.63, 3.8) is 0 Å². The summed E-state index contributed by atoms with van der Waals surface area (Å²) in [6.07, 6.45) is 5.00. The Labute approximate surface area is 119 Å². The summed E-state index contributed by atoms with van der Waals surface area (Å²) in [6.45, 7) is 4.68. The van der Waals surface area contributed by atoms with E-state index in [2.05, 4.69) is 22.7 Å². The van der Waals surface area contributed by atoms with E-state index >= 15 is 0 Å². The first kappa shape index (κ1) is 15.0. The molecule has 1 aromatic rings. The Morgan fingerprint density at radius 3 is 3.00 bits per heavy atom. The lowest BCUT2D eigenvalue weighted by Gasteiger charge is -2.22. The molecule has 20 heavy (non-hydrogen) atoms. The van der Waals surface area contributed by atoms with Gasteiger partial charge in [0.15, 0.2) is 0 Å². The summed E-state index contributed by atoms with van der Waals surface area (Å²) in [5, 5.41) is 10.5. The molecule has 0 radical (unpaired) electrons. The van der Waals surface area contributed by atoms with Gasteiger partial charge in [-0.25, -0.2) is 0 Å². The fraction of sp³-hybridized carbons (Fsp3) is 0.714. The Kier molecular flexibility index (Phi) is 5.55. The number of nitrogens with zero attached hydrogens (tertiary/aromatic N) is 2. The van der Waals surface area contributed by atoms with Gasteiger partial charge < -0.3 is 15.4 Å². The summed E-state index contributed by atoms with van der Waals surface area (Å²) in [7, 11) is 1.89. The van der Waals surface area contributed by atoms with Gasteiger partial charge in [-0.15, -0.1) is 0 Å². The van der Waals surface area contributed by atoms with Crippen LogP contribution in [-0.4, -0.2) is 41.5 Å². The molecule has 0 atom stereocenters. The van der Waals surface area contributed by atoms with E-state index in [1.807, 2.05) is 13.2 Å². The highest BCUT2D eigenvalue weighted by Crippen LogP contribution is 2.08. The third kappa shape index (κ3) is 4.31. The number of hydrogen-bond donors (Lipinski definition) is 2. The molecule has 1 fully saturated rings. The first-order valence-corrected chi connectivity index (χ1v) is 7.29. The molecule has 0 aliphatic carbocycles. The highest BCUT2D eigenvalue weighted by Gasteiger charge is 2.15. The van der Waals surface area contributed by atoms with E-state index in [0.29, 0.717) is 6.54 Å². The van der Waals surface area contributed by atoms with Gasteiger partial charge in [-0.1, -0.05) is 6.92 Å². The van der Waals surface area contributed by atoms with Gasteiger partial charge >= 0.3 is 0 Å². The number of aromatic nitrogens is 2. The van der Waals surface area contributed by atoms with Crippen LogP contribution in [0.15, 0.2) is 6.20 Å². The number of aryl methyl sites for hydroxylation is 2. The minimum atomic E-state index is -0.0607. The average Bonchev–Trinajstić information content (AvgIpc) is 2.84. The summed E-state index contributed by atoms with van der Waals surface area (Å²) in [5.41, 5.74) is 2.11. The maximum atomic E-state index is 11.8. The number of carbonyl (C=O) groups is 1. The molecule has 0 unspecified atom stereocenters. The topological polar surface area (TPSA) is 68.2 Å². The van der Waals surface area contributed by atoms with Gasteiger partial charge in [0.2, 0.25) is 5.91 Å². The van der Waals surface area contributed by atoms with Crippen molar-refractivity contribution in [1.82, 2.24) is 20.4 Å². The predicted octanol–water partition coefficient (Wildman–Crippen LogP) is 0.367. The van der Waals surface area contributed by atoms with E-state index in [1.54, 1.807) is 4.68 Å². The van der Waals surface area contributed by atoms with Gasteiger partial charge in [-0.2, -0.15) is 5.10 Å². The number of carbonyl (C=O) groups excluding carboxylic acids is 1. The second kappa shape index (κ2) is 7.40. The van der Waals surface area contributed by atoms with E-state index in [1.165, 1.54) is 0 Å². The largest absolute Gasteiger partial charge is 0.368 e. The molecule has 2 rings (SSSR count). The van der Waals surface area contributed by atoms with Crippen molar-refractivity contribution in [2.45, 2.75) is 38.8 Å². The van der Waals surface area contributed by atoms with Crippen molar-refractivity contribution in [1.29, 1.82) is 0 Å². The van der Waals surface area contributed by atoms with E-state index in [-0.39, 0.29) is 18.6 Å². The molecule has 6 heteroatoms. The molecule has 112 valence electrons. The maximum absolute atomic E-state index is 11.8. The van der Waals surface area contributed by atoms with E-state index in [0.717, 1.165) is 43.6 Å². The van der Waals surface area contributed by atoms with Gasteiger partial charge in [0.1, 0.15) is 6.61 Å². The minimum Gasteiger partial charge on any atom is -0.368 e. The number of rotatable bonds is 6. The first-order chi connectivity index (χ1) is 9.69. The number of hydrogen-bond acceptors (Lipinski definition) is 4. The Hall–Kier alpha value is -1.40. The second-order valence-electron chi connectivity index (χ2n) is 5.17. The smallest absolute Gasteiger partial charge is 0.246 e. The molecule has 2 heterocycles. The van der Waals surface area contributed by atoms with Gasteiger partial charge in [0.05, 0.1) is 11.8 Å². The van der Waals surface area contributed by atoms with Gasteiger partial charge in [0, 0.05) is 25.4 Å². The molecule has 2 N–H and O–H groups in total. The van der Waals surface area contributed by atoms with E-state index in [4.69, 9.17) is 4.74 Å². The lowest BCUT2D eigenvalue weighted by molar-refractivity contribution is -0.128. The SMILES string of the molecule is CCc1nn(C)cc1CNC(=O)COC1CCNCC1. The highest BCUT2D eigenvalue weighted by molar-refractivity contribution is 5.77. The number of amides is 1. The van der Waals surface area contributed by atoms with Gasteiger partial charge in [-0.05, 0) is 32.4 Å². The zero-order chi connectivity index (χ0) is 14.4.